The molecule has 4 heteroatoms. The first-order valence-corrected chi connectivity index (χ1v) is 7.43. The summed E-state index contributed by atoms with van der Waals surface area (Å²) in [6.45, 7) is 10.9. The Balaban J connectivity index is 2.32. The van der Waals surface area contributed by atoms with Crippen molar-refractivity contribution in [2.75, 3.05) is 37.7 Å². The zero-order chi connectivity index (χ0) is 11.3. The van der Waals surface area contributed by atoms with Gasteiger partial charge in [0.2, 0.25) is 0 Å². The molecule has 2 atom stereocenters. The smallest absolute Gasteiger partial charge is 0.0363 e. The summed E-state index contributed by atoms with van der Waals surface area (Å²) in [5.41, 5.74) is 0. The molecule has 0 radical (unpaired) electrons. The predicted molar refractivity (Wildman–Crippen MR) is 66.6 cm³/mol. The maximum atomic E-state index is 11.2. The van der Waals surface area contributed by atoms with Gasteiger partial charge in [0.25, 0.3) is 0 Å². The number of nitrogens with one attached hydrogen (secondary N) is 1. The van der Waals surface area contributed by atoms with E-state index in [0.29, 0.717) is 12.0 Å². The number of hydrogen-bond acceptors (Lipinski definition) is 3. The highest BCUT2D eigenvalue weighted by Gasteiger charge is 2.23. The van der Waals surface area contributed by atoms with Gasteiger partial charge in [-0.05, 0) is 25.9 Å². The summed E-state index contributed by atoms with van der Waals surface area (Å²) in [6.07, 6.45) is 0. The summed E-state index contributed by atoms with van der Waals surface area (Å²) in [7, 11) is -0.553. The molecule has 1 aliphatic rings. The Morgan fingerprint density at radius 3 is 2.47 bits per heavy atom. The fraction of sp³-hybridized carbons (Fsp3) is 1.00. The molecule has 1 rings (SSSR count). The third-order valence-corrected chi connectivity index (χ3v) is 4.60. The summed E-state index contributed by atoms with van der Waals surface area (Å²) in [4.78, 5) is 2.48. The lowest BCUT2D eigenvalue weighted by atomic mass is 10.0. The summed E-state index contributed by atoms with van der Waals surface area (Å²) < 4.78 is 11.2. The van der Waals surface area contributed by atoms with Gasteiger partial charge in [-0.25, -0.2) is 0 Å². The van der Waals surface area contributed by atoms with Crippen molar-refractivity contribution < 1.29 is 4.21 Å². The van der Waals surface area contributed by atoms with E-state index in [1.807, 2.05) is 0 Å². The Hall–Kier alpha value is 0.0700. The molecule has 1 saturated heterocycles. The van der Waals surface area contributed by atoms with Crippen molar-refractivity contribution >= 4 is 10.8 Å². The lowest BCUT2D eigenvalue weighted by Crippen LogP contribution is -2.47. The summed E-state index contributed by atoms with van der Waals surface area (Å²) in [5.74, 6) is 2.38. The second-order valence-corrected chi connectivity index (χ2v) is 6.11. The molecule has 0 aromatic heterocycles. The van der Waals surface area contributed by atoms with Crippen LogP contribution in [-0.2, 0) is 10.8 Å². The highest BCUT2D eigenvalue weighted by atomic mass is 32.2. The van der Waals surface area contributed by atoms with Gasteiger partial charge < -0.3 is 5.32 Å². The minimum atomic E-state index is -0.553. The van der Waals surface area contributed by atoms with E-state index in [4.69, 9.17) is 0 Å². The van der Waals surface area contributed by atoms with Crippen LogP contribution in [0.2, 0.25) is 0 Å². The molecular weight excluding hydrogens is 208 g/mol. The molecule has 0 spiro atoms. The molecule has 0 saturated carbocycles. The molecule has 3 nitrogen and oxygen atoms in total. The molecule has 1 heterocycles. The first kappa shape index (κ1) is 13.1. The van der Waals surface area contributed by atoms with Crippen molar-refractivity contribution in [3.8, 4) is 0 Å². The standard InChI is InChI=1S/C11H24N2OS/c1-4-12-9-10(2)11(3)13-5-7-15(14)8-6-13/h10-12H,4-9H2,1-3H3. The van der Waals surface area contributed by atoms with Crippen LogP contribution in [0.25, 0.3) is 0 Å². The molecule has 90 valence electrons. The molecular formula is C11H24N2OS. The normalized spacial score (nSPS) is 23.9. The van der Waals surface area contributed by atoms with Gasteiger partial charge in [0, 0.05) is 41.4 Å². The lowest BCUT2D eigenvalue weighted by Gasteiger charge is -2.35. The van der Waals surface area contributed by atoms with Crippen LogP contribution < -0.4 is 5.32 Å². The van der Waals surface area contributed by atoms with Crippen LogP contribution in [0.5, 0.6) is 0 Å². The highest BCUT2D eigenvalue weighted by Crippen LogP contribution is 2.12. The summed E-state index contributed by atoms with van der Waals surface area (Å²) in [6, 6.07) is 0.598. The Labute approximate surface area is 96.1 Å². The van der Waals surface area contributed by atoms with E-state index in [1.54, 1.807) is 0 Å². The van der Waals surface area contributed by atoms with Crippen molar-refractivity contribution in [3.63, 3.8) is 0 Å². The van der Waals surface area contributed by atoms with E-state index in [0.717, 1.165) is 37.7 Å². The van der Waals surface area contributed by atoms with E-state index in [9.17, 15) is 4.21 Å². The molecule has 1 N–H and O–H groups in total. The highest BCUT2D eigenvalue weighted by molar-refractivity contribution is 7.85. The first-order valence-electron chi connectivity index (χ1n) is 5.95. The van der Waals surface area contributed by atoms with Gasteiger partial charge in [0.1, 0.15) is 0 Å². The maximum absolute atomic E-state index is 11.2. The van der Waals surface area contributed by atoms with Gasteiger partial charge >= 0.3 is 0 Å². The third kappa shape index (κ3) is 4.21. The van der Waals surface area contributed by atoms with Gasteiger partial charge in [-0.2, -0.15) is 0 Å². The summed E-state index contributed by atoms with van der Waals surface area (Å²) in [5, 5.41) is 3.39. The van der Waals surface area contributed by atoms with Crippen molar-refractivity contribution in [3.05, 3.63) is 0 Å². The van der Waals surface area contributed by atoms with Crippen molar-refractivity contribution in [2.24, 2.45) is 5.92 Å². The fourth-order valence-electron chi connectivity index (χ4n) is 1.96. The van der Waals surface area contributed by atoms with Gasteiger partial charge in [-0.15, -0.1) is 0 Å². The molecule has 1 aliphatic heterocycles. The molecule has 0 bridgehead atoms. The SMILES string of the molecule is CCNCC(C)C(C)N1CCS(=O)CC1. The van der Waals surface area contributed by atoms with E-state index in [1.165, 1.54) is 0 Å². The third-order valence-electron chi connectivity index (χ3n) is 3.33. The zero-order valence-electron chi connectivity index (χ0n) is 10.2. The molecule has 0 aromatic rings. The Kier molecular flexibility index (Phi) is 5.79. The van der Waals surface area contributed by atoms with E-state index in [-0.39, 0.29) is 0 Å². The second kappa shape index (κ2) is 6.61. The Morgan fingerprint density at radius 2 is 1.93 bits per heavy atom. The van der Waals surface area contributed by atoms with E-state index >= 15 is 0 Å². The van der Waals surface area contributed by atoms with E-state index < -0.39 is 10.8 Å². The largest absolute Gasteiger partial charge is 0.317 e. The van der Waals surface area contributed by atoms with Crippen LogP contribution >= 0.6 is 0 Å². The van der Waals surface area contributed by atoms with Crippen LogP contribution in [-0.4, -0.2) is 52.8 Å². The first-order chi connectivity index (χ1) is 7.15. The second-order valence-electron chi connectivity index (χ2n) is 4.41. The monoisotopic (exact) mass is 232 g/mol. The predicted octanol–water partition coefficient (Wildman–Crippen LogP) is 0.685. The molecule has 0 amide bonds. The zero-order valence-corrected chi connectivity index (χ0v) is 11.0. The summed E-state index contributed by atoms with van der Waals surface area (Å²) >= 11 is 0. The van der Waals surface area contributed by atoms with Crippen molar-refractivity contribution in [1.29, 1.82) is 0 Å². The Morgan fingerprint density at radius 1 is 1.33 bits per heavy atom. The quantitative estimate of drug-likeness (QED) is 0.757. The molecule has 0 aliphatic carbocycles. The van der Waals surface area contributed by atoms with Crippen LogP contribution in [0, 0.1) is 5.92 Å². The van der Waals surface area contributed by atoms with Crippen LogP contribution in [0.1, 0.15) is 20.8 Å². The molecule has 0 aromatic carbocycles. The molecule has 2 unspecified atom stereocenters. The maximum Gasteiger partial charge on any atom is 0.0363 e. The average Bonchev–Trinajstić information content (AvgIpc) is 2.26. The van der Waals surface area contributed by atoms with Gasteiger partial charge in [0.05, 0.1) is 0 Å². The molecule has 15 heavy (non-hydrogen) atoms. The fourth-order valence-corrected chi connectivity index (χ4v) is 3.04. The topological polar surface area (TPSA) is 32.3 Å². The van der Waals surface area contributed by atoms with Crippen molar-refractivity contribution in [1.82, 2.24) is 10.2 Å². The lowest BCUT2D eigenvalue weighted by molar-refractivity contribution is 0.174. The van der Waals surface area contributed by atoms with Gasteiger partial charge in [0.15, 0.2) is 0 Å². The number of nitrogens with zero attached hydrogens (tertiary/aromatic N) is 1. The van der Waals surface area contributed by atoms with Crippen LogP contribution in [0.4, 0.5) is 0 Å². The number of hydrogen-bond donors (Lipinski definition) is 1. The minimum Gasteiger partial charge on any atom is -0.317 e. The van der Waals surface area contributed by atoms with Gasteiger partial charge in [-0.3, -0.25) is 9.11 Å². The number of rotatable bonds is 5. The molecule has 1 fully saturated rings. The van der Waals surface area contributed by atoms with E-state index in [2.05, 4.69) is 31.0 Å². The Bertz CT molecular complexity index is 201. The van der Waals surface area contributed by atoms with Crippen LogP contribution in [0.15, 0.2) is 0 Å². The minimum absolute atomic E-state index is 0.553. The van der Waals surface area contributed by atoms with Gasteiger partial charge in [-0.1, -0.05) is 13.8 Å². The van der Waals surface area contributed by atoms with Crippen molar-refractivity contribution in [2.45, 2.75) is 26.8 Å². The van der Waals surface area contributed by atoms with Crippen LogP contribution in [0.3, 0.4) is 0 Å². The average molecular weight is 232 g/mol.